The molecule has 2 fully saturated rings. The van der Waals surface area contributed by atoms with Crippen LogP contribution in [0, 0.1) is 5.92 Å². The third-order valence-corrected chi connectivity index (χ3v) is 6.07. The van der Waals surface area contributed by atoms with Crippen LogP contribution in [0.1, 0.15) is 64.0 Å². The second kappa shape index (κ2) is 8.42. The van der Waals surface area contributed by atoms with Gasteiger partial charge < -0.3 is 15.0 Å². The van der Waals surface area contributed by atoms with Crippen molar-refractivity contribution in [2.24, 2.45) is 13.0 Å². The number of carbonyl (C=O) groups excluding carboxylic acids is 1. The van der Waals surface area contributed by atoms with Crippen molar-refractivity contribution in [2.45, 2.75) is 63.9 Å². The van der Waals surface area contributed by atoms with Gasteiger partial charge in [0.05, 0.1) is 18.8 Å². The van der Waals surface area contributed by atoms with Crippen LogP contribution in [-0.2, 0) is 11.8 Å². The monoisotopic (exact) mass is 362 g/mol. The molecule has 1 N–H and O–H groups in total. The number of rotatable bonds is 4. The maximum atomic E-state index is 12.8. The number of hydrogen-bond acceptors (Lipinski definition) is 3. The molecule has 3 rings (SSSR count). The molecule has 1 aromatic heterocycles. The van der Waals surface area contributed by atoms with E-state index in [2.05, 4.69) is 24.3 Å². The molecule has 2 amide bonds. The lowest BCUT2D eigenvalue weighted by atomic mass is 9.92. The van der Waals surface area contributed by atoms with Crippen molar-refractivity contribution in [1.82, 2.24) is 20.0 Å². The highest BCUT2D eigenvalue weighted by Crippen LogP contribution is 2.33. The van der Waals surface area contributed by atoms with E-state index in [1.54, 1.807) is 0 Å². The molecule has 6 nitrogen and oxygen atoms in total. The van der Waals surface area contributed by atoms with Gasteiger partial charge in [0.25, 0.3) is 0 Å². The maximum absolute atomic E-state index is 12.8. The van der Waals surface area contributed by atoms with Crippen molar-refractivity contribution < 1.29 is 9.53 Å². The van der Waals surface area contributed by atoms with Crippen molar-refractivity contribution in [2.75, 3.05) is 26.2 Å². The molecule has 146 valence electrons. The lowest BCUT2D eigenvalue weighted by Gasteiger charge is -2.42. The van der Waals surface area contributed by atoms with Crippen LogP contribution in [0.15, 0.2) is 12.3 Å². The van der Waals surface area contributed by atoms with Crippen LogP contribution in [0.5, 0.6) is 0 Å². The first-order chi connectivity index (χ1) is 12.5. The molecule has 0 aromatic carbocycles. The lowest BCUT2D eigenvalue weighted by Crippen LogP contribution is -2.56. The van der Waals surface area contributed by atoms with Gasteiger partial charge in [0.15, 0.2) is 0 Å². The average Bonchev–Trinajstić information content (AvgIpc) is 2.91. The SMILES string of the molecule is CC(C)C(CNC(=O)N1CCOC2(CCCCCC2)C1)c1ccnn1C. The largest absolute Gasteiger partial charge is 0.371 e. The topological polar surface area (TPSA) is 59.4 Å². The Kier molecular flexibility index (Phi) is 6.22. The summed E-state index contributed by atoms with van der Waals surface area (Å²) >= 11 is 0. The van der Waals surface area contributed by atoms with Gasteiger partial charge >= 0.3 is 6.03 Å². The molecule has 26 heavy (non-hydrogen) atoms. The Balaban J connectivity index is 1.59. The Hall–Kier alpha value is -1.56. The normalized spacial score (nSPS) is 21.6. The highest BCUT2D eigenvalue weighted by atomic mass is 16.5. The zero-order chi connectivity index (χ0) is 18.6. The van der Waals surface area contributed by atoms with Crippen molar-refractivity contribution in [3.05, 3.63) is 18.0 Å². The van der Waals surface area contributed by atoms with Gasteiger partial charge in [-0.25, -0.2) is 4.79 Å². The van der Waals surface area contributed by atoms with Gasteiger partial charge in [-0.05, 0) is 24.8 Å². The molecule has 6 heteroatoms. The zero-order valence-corrected chi connectivity index (χ0v) is 16.5. The van der Waals surface area contributed by atoms with Crippen molar-refractivity contribution >= 4 is 6.03 Å². The van der Waals surface area contributed by atoms with Crippen molar-refractivity contribution in [3.8, 4) is 0 Å². The summed E-state index contributed by atoms with van der Waals surface area (Å²) in [4.78, 5) is 14.8. The molecule has 2 aliphatic rings. The minimum absolute atomic E-state index is 0.0461. The Bertz CT molecular complexity index is 590. The van der Waals surface area contributed by atoms with Gasteiger partial charge in [0, 0.05) is 37.9 Å². The third-order valence-electron chi connectivity index (χ3n) is 6.07. The molecule has 1 spiro atoms. The molecule has 1 atom stereocenters. The molecule has 1 aliphatic heterocycles. The molecular formula is C20H34N4O2. The summed E-state index contributed by atoms with van der Waals surface area (Å²) in [5, 5.41) is 7.46. The van der Waals surface area contributed by atoms with E-state index in [0.29, 0.717) is 25.6 Å². The van der Waals surface area contributed by atoms with E-state index in [9.17, 15) is 4.79 Å². The number of nitrogens with one attached hydrogen (secondary N) is 1. The Labute approximate surface area is 157 Å². The van der Waals surface area contributed by atoms with E-state index in [-0.39, 0.29) is 17.6 Å². The number of aryl methyl sites for hydroxylation is 1. The molecule has 2 heterocycles. The van der Waals surface area contributed by atoms with Crippen LogP contribution < -0.4 is 5.32 Å². The van der Waals surface area contributed by atoms with Gasteiger partial charge in [-0.1, -0.05) is 39.5 Å². The van der Waals surface area contributed by atoms with Crippen LogP contribution in [0.3, 0.4) is 0 Å². The summed E-state index contributed by atoms with van der Waals surface area (Å²) in [7, 11) is 1.96. The zero-order valence-electron chi connectivity index (χ0n) is 16.5. The number of morpholine rings is 1. The first kappa shape index (κ1) is 19.2. The van der Waals surface area contributed by atoms with Gasteiger partial charge in [-0.15, -0.1) is 0 Å². The Morgan fingerprint density at radius 1 is 1.31 bits per heavy atom. The molecule has 1 unspecified atom stereocenters. The minimum atomic E-state index is -0.106. The van der Waals surface area contributed by atoms with E-state index < -0.39 is 0 Å². The fourth-order valence-electron chi connectivity index (χ4n) is 4.43. The number of ether oxygens (including phenoxy) is 1. The van der Waals surface area contributed by atoms with Gasteiger partial charge in [-0.2, -0.15) is 5.10 Å². The fraction of sp³-hybridized carbons (Fsp3) is 0.800. The van der Waals surface area contributed by atoms with Gasteiger partial charge in [-0.3, -0.25) is 4.68 Å². The van der Waals surface area contributed by atoms with E-state index in [1.165, 1.54) is 31.4 Å². The van der Waals surface area contributed by atoms with Crippen LogP contribution >= 0.6 is 0 Å². The smallest absolute Gasteiger partial charge is 0.317 e. The van der Waals surface area contributed by atoms with Crippen LogP contribution in [0.2, 0.25) is 0 Å². The summed E-state index contributed by atoms with van der Waals surface area (Å²) in [5.41, 5.74) is 1.06. The highest BCUT2D eigenvalue weighted by molar-refractivity contribution is 5.74. The first-order valence-electron chi connectivity index (χ1n) is 10.2. The minimum Gasteiger partial charge on any atom is -0.371 e. The number of hydrogen-bond donors (Lipinski definition) is 1. The van der Waals surface area contributed by atoms with E-state index in [0.717, 1.165) is 19.4 Å². The standard InChI is InChI=1S/C20H34N4O2/c1-16(2)17(18-8-11-22-23(18)3)14-21-19(25)24-12-13-26-20(15-24)9-6-4-5-7-10-20/h8,11,16-17H,4-7,9-10,12-15H2,1-3H3,(H,21,25). The van der Waals surface area contributed by atoms with E-state index >= 15 is 0 Å². The van der Waals surface area contributed by atoms with E-state index in [1.807, 2.05) is 28.9 Å². The molecule has 0 bridgehead atoms. The molecule has 1 aromatic rings. The average molecular weight is 363 g/mol. The highest BCUT2D eigenvalue weighted by Gasteiger charge is 2.38. The molecule has 1 saturated heterocycles. The second-order valence-electron chi connectivity index (χ2n) is 8.28. The summed E-state index contributed by atoms with van der Waals surface area (Å²) in [6, 6.07) is 2.09. The third kappa shape index (κ3) is 4.40. The summed E-state index contributed by atoms with van der Waals surface area (Å²) < 4.78 is 8.08. The maximum Gasteiger partial charge on any atom is 0.317 e. The first-order valence-corrected chi connectivity index (χ1v) is 10.2. The number of nitrogens with zero attached hydrogens (tertiary/aromatic N) is 3. The number of urea groups is 1. The van der Waals surface area contributed by atoms with Crippen molar-refractivity contribution in [1.29, 1.82) is 0 Å². The Morgan fingerprint density at radius 3 is 2.65 bits per heavy atom. The van der Waals surface area contributed by atoms with Crippen LogP contribution in [-0.4, -0.2) is 52.6 Å². The predicted molar refractivity (Wildman–Crippen MR) is 102 cm³/mol. The van der Waals surface area contributed by atoms with Crippen molar-refractivity contribution in [3.63, 3.8) is 0 Å². The Morgan fingerprint density at radius 2 is 2.04 bits per heavy atom. The summed E-state index contributed by atoms with van der Waals surface area (Å²) in [5.74, 6) is 0.697. The number of aromatic nitrogens is 2. The van der Waals surface area contributed by atoms with Crippen LogP contribution in [0.4, 0.5) is 4.79 Å². The lowest BCUT2D eigenvalue weighted by molar-refractivity contribution is -0.105. The second-order valence-corrected chi connectivity index (χ2v) is 8.28. The van der Waals surface area contributed by atoms with Gasteiger partial charge in [0.1, 0.15) is 0 Å². The summed E-state index contributed by atoms with van der Waals surface area (Å²) in [6.45, 7) is 7.10. The van der Waals surface area contributed by atoms with Crippen LogP contribution in [0.25, 0.3) is 0 Å². The molecule has 1 aliphatic carbocycles. The molecule has 1 saturated carbocycles. The summed E-state index contributed by atoms with van der Waals surface area (Å²) in [6.07, 6.45) is 9.00. The van der Waals surface area contributed by atoms with E-state index in [4.69, 9.17) is 4.74 Å². The fourth-order valence-corrected chi connectivity index (χ4v) is 4.43. The number of amides is 2. The quantitative estimate of drug-likeness (QED) is 0.894. The number of carbonyl (C=O) groups is 1. The molecule has 0 radical (unpaired) electrons. The van der Waals surface area contributed by atoms with Gasteiger partial charge in [0.2, 0.25) is 0 Å². The molecular weight excluding hydrogens is 328 g/mol. The predicted octanol–water partition coefficient (Wildman–Crippen LogP) is 3.29.